The van der Waals surface area contributed by atoms with E-state index >= 15 is 0 Å². The van der Waals surface area contributed by atoms with Crippen molar-refractivity contribution < 1.29 is 8.42 Å². The Bertz CT molecular complexity index is 269. The van der Waals surface area contributed by atoms with E-state index in [1.165, 1.54) is 0 Å². The molecule has 0 aliphatic heterocycles. The van der Waals surface area contributed by atoms with E-state index in [1.807, 2.05) is 18.7 Å². The first-order valence-corrected chi connectivity index (χ1v) is 9.11. The zero-order chi connectivity index (χ0) is 13.1. The molecule has 0 aromatic rings. The number of sulfonamides is 1. The maximum atomic E-state index is 11.7. The first kappa shape index (κ1) is 17.2. The molecular weight excluding hydrogens is 256 g/mol. The van der Waals surface area contributed by atoms with Crippen molar-refractivity contribution in [1.82, 2.24) is 10.0 Å². The van der Waals surface area contributed by atoms with Crippen molar-refractivity contribution in [1.29, 1.82) is 0 Å². The Hall–Kier alpha value is 0.220. The zero-order valence-electron chi connectivity index (χ0n) is 11.2. The Kier molecular flexibility index (Phi) is 10.3. The molecule has 0 bridgehead atoms. The van der Waals surface area contributed by atoms with Crippen molar-refractivity contribution in [2.24, 2.45) is 0 Å². The molecule has 0 aromatic carbocycles. The van der Waals surface area contributed by atoms with Gasteiger partial charge in [-0.15, -0.1) is 0 Å². The quantitative estimate of drug-likeness (QED) is 0.563. The Labute approximate surface area is 110 Å². The number of rotatable bonds is 11. The Morgan fingerprint density at radius 1 is 1.24 bits per heavy atom. The van der Waals surface area contributed by atoms with Gasteiger partial charge in [-0.1, -0.05) is 13.8 Å². The van der Waals surface area contributed by atoms with Crippen molar-refractivity contribution in [2.45, 2.75) is 39.7 Å². The number of nitrogens with one attached hydrogen (secondary N) is 2. The van der Waals surface area contributed by atoms with Crippen molar-refractivity contribution in [3.63, 3.8) is 0 Å². The summed E-state index contributed by atoms with van der Waals surface area (Å²) < 4.78 is 26.1. The van der Waals surface area contributed by atoms with Crippen LogP contribution >= 0.6 is 11.8 Å². The minimum Gasteiger partial charge on any atom is -0.316 e. The Morgan fingerprint density at radius 3 is 2.53 bits per heavy atom. The standard InChI is InChI=1S/C11H26N2O2S2/c1-4-7-12-8-10-17(14,15)13-11(3)6-9-16-5-2/h11-13H,4-10H2,1-3H3. The van der Waals surface area contributed by atoms with Crippen LogP contribution in [-0.2, 0) is 10.0 Å². The van der Waals surface area contributed by atoms with Gasteiger partial charge in [0.25, 0.3) is 0 Å². The molecule has 0 aliphatic rings. The first-order valence-electron chi connectivity index (χ1n) is 6.30. The molecule has 0 saturated heterocycles. The van der Waals surface area contributed by atoms with Crippen molar-refractivity contribution >= 4 is 21.8 Å². The minimum absolute atomic E-state index is 0.0326. The van der Waals surface area contributed by atoms with Crippen molar-refractivity contribution in [3.05, 3.63) is 0 Å². The summed E-state index contributed by atoms with van der Waals surface area (Å²) in [4.78, 5) is 0. The maximum Gasteiger partial charge on any atom is 0.213 e. The van der Waals surface area contributed by atoms with Gasteiger partial charge in [-0.05, 0) is 37.8 Å². The lowest BCUT2D eigenvalue weighted by Gasteiger charge is -2.14. The van der Waals surface area contributed by atoms with Crippen LogP contribution in [0, 0.1) is 0 Å². The van der Waals surface area contributed by atoms with Crippen LogP contribution in [0.25, 0.3) is 0 Å². The van der Waals surface area contributed by atoms with Crippen LogP contribution in [-0.4, -0.2) is 44.8 Å². The second kappa shape index (κ2) is 10.2. The van der Waals surface area contributed by atoms with Gasteiger partial charge in [0.1, 0.15) is 0 Å². The minimum atomic E-state index is -3.12. The normalized spacial score (nSPS) is 13.8. The second-order valence-electron chi connectivity index (χ2n) is 4.07. The molecule has 4 nitrogen and oxygen atoms in total. The Morgan fingerprint density at radius 2 is 1.94 bits per heavy atom. The van der Waals surface area contributed by atoms with Crippen molar-refractivity contribution in [2.75, 3.05) is 30.3 Å². The van der Waals surface area contributed by atoms with E-state index in [0.29, 0.717) is 6.54 Å². The van der Waals surface area contributed by atoms with Gasteiger partial charge in [-0.25, -0.2) is 13.1 Å². The van der Waals surface area contributed by atoms with Gasteiger partial charge in [-0.2, -0.15) is 11.8 Å². The van der Waals surface area contributed by atoms with E-state index in [1.54, 1.807) is 0 Å². The predicted octanol–water partition coefficient (Wildman–Crippen LogP) is 1.44. The lowest BCUT2D eigenvalue weighted by Crippen LogP contribution is -2.37. The lowest BCUT2D eigenvalue weighted by atomic mass is 10.3. The van der Waals surface area contributed by atoms with E-state index in [4.69, 9.17) is 0 Å². The average Bonchev–Trinajstić information content (AvgIpc) is 2.24. The second-order valence-corrected chi connectivity index (χ2v) is 7.34. The van der Waals surface area contributed by atoms with E-state index in [-0.39, 0.29) is 11.8 Å². The third-order valence-corrected chi connectivity index (χ3v) is 4.69. The highest BCUT2D eigenvalue weighted by molar-refractivity contribution is 7.99. The lowest BCUT2D eigenvalue weighted by molar-refractivity contribution is 0.553. The van der Waals surface area contributed by atoms with Gasteiger partial charge in [-0.3, -0.25) is 0 Å². The highest BCUT2D eigenvalue weighted by Crippen LogP contribution is 2.04. The van der Waals surface area contributed by atoms with Gasteiger partial charge in [0, 0.05) is 12.6 Å². The maximum absolute atomic E-state index is 11.7. The molecule has 0 rings (SSSR count). The van der Waals surface area contributed by atoms with E-state index in [9.17, 15) is 8.42 Å². The van der Waals surface area contributed by atoms with E-state index in [0.717, 1.165) is 30.9 Å². The molecule has 1 unspecified atom stereocenters. The van der Waals surface area contributed by atoms with Gasteiger partial charge in [0.2, 0.25) is 10.0 Å². The van der Waals surface area contributed by atoms with E-state index < -0.39 is 10.0 Å². The smallest absolute Gasteiger partial charge is 0.213 e. The molecule has 0 heterocycles. The topological polar surface area (TPSA) is 58.2 Å². The van der Waals surface area contributed by atoms with Crippen LogP contribution in [0.2, 0.25) is 0 Å². The number of thioether (sulfide) groups is 1. The predicted molar refractivity (Wildman–Crippen MR) is 77.2 cm³/mol. The molecule has 2 N–H and O–H groups in total. The summed E-state index contributed by atoms with van der Waals surface area (Å²) in [5.74, 6) is 2.26. The summed E-state index contributed by atoms with van der Waals surface area (Å²) in [6.07, 6.45) is 1.91. The number of hydrogen-bond donors (Lipinski definition) is 2. The third-order valence-electron chi connectivity index (χ3n) is 2.25. The first-order chi connectivity index (χ1) is 8.02. The summed E-state index contributed by atoms with van der Waals surface area (Å²) in [5.41, 5.74) is 0. The van der Waals surface area contributed by atoms with Crippen LogP contribution in [0.1, 0.15) is 33.6 Å². The fraction of sp³-hybridized carbons (Fsp3) is 1.00. The molecular formula is C11H26N2O2S2. The molecule has 0 radical (unpaired) electrons. The molecule has 0 saturated carbocycles. The monoisotopic (exact) mass is 282 g/mol. The van der Waals surface area contributed by atoms with Crippen molar-refractivity contribution in [3.8, 4) is 0 Å². The summed E-state index contributed by atoms with van der Waals surface area (Å²) >= 11 is 1.84. The number of hydrogen-bond acceptors (Lipinski definition) is 4. The molecule has 6 heteroatoms. The summed E-state index contributed by atoms with van der Waals surface area (Å²) in [6.45, 7) is 7.50. The van der Waals surface area contributed by atoms with Crippen LogP contribution in [0.5, 0.6) is 0 Å². The van der Waals surface area contributed by atoms with Crippen LogP contribution < -0.4 is 10.0 Å². The highest BCUT2D eigenvalue weighted by atomic mass is 32.2. The highest BCUT2D eigenvalue weighted by Gasteiger charge is 2.13. The van der Waals surface area contributed by atoms with Crippen LogP contribution in [0.15, 0.2) is 0 Å². The average molecular weight is 282 g/mol. The van der Waals surface area contributed by atoms with Gasteiger partial charge in [0.05, 0.1) is 5.75 Å². The van der Waals surface area contributed by atoms with Gasteiger partial charge >= 0.3 is 0 Å². The van der Waals surface area contributed by atoms with Crippen LogP contribution in [0.3, 0.4) is 0 Å². The zero-order valence-corrected chi connectivity index (χ0v) is 12.8. The molecule has 0 aromatic heterocycles. The largest absolute Gasteiger partial charge is 0.316 e. The molecule has 17 heavy (non-hydrogen) atoms. The molecule has 1 atom stereocenters. The fourth-order valence-corrected chi connectivity index (χ4v) is 3.41. The third kappa shape index (κ3) is 11.1. The SMILES string of the molecule is CCCNCCS(=O)(=O)NC(C)CCSCC. The molecule has 104 valence electrons. The fourth-order valence-electron chi connectivity index (χ4n) is 1.34. The van der Waals surface area contributed by atoms with Gasteiger partial charge < -0.3 is 5.32 Å². The molecule has 0 amide bonds. The molecule has 0 spiro atoms. The molecule has 0 aliphatic carbocycles. The molecule has 0 fully saturated rings. The van der Waals surface area contributed by atoms with E-state index in [2.05, 4.69) is 23.9 Å². The summed E-state index contributed by atoms with van der Waals surface area (Å²) in [6, 6.07) is 0.0326. The van der Waals surface area contributed by atoms with Crippen LogP contribution in [0.4, 0.5) is 0 Å². The Balaban J connectivity index is 3.75. The van der Waals surface area contributed by atoms with Gasteiger partial charge in [0.15, 0.2) is 0 Å². The summed E-state index contributed by atoms with van der Waals surface area (Å²) in [5, 5.41) is 3.09. The summed E-state index contributed by atoms with van der Waals surface area (Å²) in [7, 11) is -3.12.